The second kappa shape index (κ2) is 5.37. The number of likely N-dealkylation sites (tertiary alicyclic amines) is 1. The summed E-state index contributed by atoms with van der Waals surface area (Å²) in [5.41, 5.74) is 8.18. The fourth-order valence-corrected chi connectivity index (χ4v) is 1.59. The number of hydrogen-bond donors (Lipinski definition) is 0. The van der Waals surface area contributed by atoms with Crippen LogP contribution in [0.5, 0.6) is 0 Å². The Kier molecular flexibility index (Phi) is 4.13. The average molecular weight is 225 g/mol. The summed E-state index contributed by atoms with van der Waals surface area (Å²) in [5, 5.41) is 3.44. The van der Waals surface area contributed by atoms with Crippen molar-refractivity contribution < 1.29 is 9.59 Å². The molecule has 2 amide bonds. The van der Waals surface area contributed by atoms with Gasteiger partial charge < -0.3 is 9.80 Å². The maximum atomic E-state index is 11.5. The maximum absolute atomic E-state index is 11.5. The number of rotatable bonds is 4. The van der Waals surface area contributed by atoms with Crippen LogP contribution < -0.4 is 0 Å². The lowest BCUT2D eigenvalue weighted by Crippen LogP contribution is -2.37. The van der Waals surface area contributed by atoms with E-state index in [1.165, 1.54) is 9.80 Å². The first-order chi connectivity index (χ1) is 7.54. The van der Waals surface area contributed by atoms with Crippen molar-refractivity contribution >= 4 is 11.8 Å². The lowest BCUT2D eigenvalue weighted by atomic mass is 10.1. The highest BCUT2D eigenvalue weighted by atomic mass is 16.2. The first kappa shape index (κ1) is 12.3. The van der Waals surface area contributed by atoms with Crippen LogP contribution in [0.15, 0.2) is 5.11 Å². The topological polar surface area (TPSA) is 89.4 Å². The van der Waals surface area contributed by atoms with Gasteiger partial charge in [-0.25, -0.2) is 0 Å². The van der Waals surface area contributed by atoms with E-state index in [0.717, 1.165) is 0 Å². The van der Waals surface area contributed by atoms with Crippen LogP contribution in [-0.4, -0.2) is 55.3 Å². The van der Waals surface area contributed by atoms with Gasteiger partial charge in [-0.15, -0.1) is 0 Å². The zero-order valence-electron chi connectivity index (χ0n) is 9.46. The quantitative estimate of drug-likeness (QED) is 0.389. The van der Waals surface area contributed by atoms with Gasteiger partial charge in [0.15, 0.2) is 0 Å². The molecule has 0 saturated carbocycles. The van der Waals surface area contributed by atoms with Crippen LogP contribution in [0.3, 0.4) is 0 Å². The van der Waals surface area contributed by atoms with E-state index in [1.54, 1.807) is 14.1 Å². The number of hydrogen-bond acceptors (Lipinski definition) is 3. The van der Waals surface area contributed by atoms with Crippen molar-refractivity contribution in [2.75, 3.05) is 33.7 Å². The number of likely N-dealkylation sites (N-methyl/N-ethyl adjacent to an activating group) is 1. The monoisotopic (exact) mass is 225 g/mol. The van der Waals surface area contributed by atoms with Gasteiger partial charge >= 0.3 is 0 Å². The van der Waals surface area contributed by atoms with Gasteiger partial charge in [0, 0.05) is 38.5 Å². The Balaban J connectivity index is 2.48. The predicted octanol–water partition coefficient (Wildman–Crippen LogP) is 0.233. The Morgan fingerprint density at radius 3 is 2.94 bits per heavy atom. The molecule has 1 rings (SSSR count). The molecule has 7 nitrogen and oxygen atoms in total. The highest BCUT2D eigenvalue weighted by Crippen LogP contribution is 2.17. The molecule has 1 fully saturated rings. The van der Waals surface area contributed by atoms with E-state index in [-0.39, 0.29) is 24.3 Å². The van der Waals surface area contributed by atoms with Gasteiger partial charge in [-0.05, 0) is 11.4 Å². The number of amides is 2. The highest BCUT2D eigenvalue weighted by Gasteiger charge is 2.30. The molecule has 1 atom stereocenters. The lowest BCUT2D eigenvalue weighted by Gasteiger charge is -2.18. The molecule has 0 aromatic rings. The van der Waals surface area contributed by atoms with Gasteiger partial charge in [0.25, 0.3) is 0 Å². The smallest absolute Gasteiger partial charge is 0.241 e. The standard InChI is InChI=1S/C9H15N5O2/c1-13(2)9(16)6-14-5-7(3-8(14)15)4-11-12-10/h7H,3-6H2,1-2H3. The van der Waals surface area contributed by atoms with E-state index in [4.69, 9.17) is 5.53 Å². The van der Waals surface area contributed by atoms with Gasteiger partial charge in [0.05, 0.1) is 6.54 Å². The molecule has 0 aromatic carbocycles. The van der Waals surface area contributed by atoms with Crippen LogP contribution in [0.2, 0.25) is 0 Å². The molecule has 0 bridgehead atoms. The summed E-state index contributed by atoms with van der Waals surface area (Å²) in [6, 6.07) is 0. The Labute approximate surface area is 93.6 Å². The Morgan fingerprint density at radius 1 is 1.69 bits per heavy atom. The van der Waals surface area contributed by atoms with E-state index in [2.05, 4.69) is 10.0 Å². The minimum Gasteiger partial charge on any atom is -0.347 e. The zero-order chi connectivity index (χ0) is 12.1. The summed E-state index contributed by atoms with van der Waals surface area (Å²) in [7, 11) is 3.31. The van der Waals surface area contributed by atoms with Crippen LogP contribution in [0.25, 0.3) is 10.4 Å². The Bertz CT molecular complexity index is 335. The molecule has 1 aliphatic rings. The largest absolute Gasteiger partial charge is 0.347 e. The van der Waals surface area contributed by atoms with Crippen LogP contribution >= 0.6 is 0 Å². The summed E-state index contributed by atoms with van der Waals surface area (Å²) in [5.74, 6) is -0.107. The molecule has 0 aliphatic carbocycles. The van der Waals surface area contributed by atoms with E-state index in [1.807, 2.05) is 0 Å². The summed E-state index contributed by atoms with van der Waals surface area (Å²) in [4.78, 5) is 28.6. The molecule has 1 heterocycles. The van der Waals surface area contributed by atoms with Crippen molar-refractivity contribution in [1.82, 2.24) is 9.80 Å². The van der Waals surface area contributed by atoms with Gasteiger partial charge in [-0.2, -0.15) is 0 Å². The minimum atomic E-state index is -0.0993. The summed E-state index contributed by atoms with van der Waals surface area (Å²) in [6.45, 7) is 0.922. The predicted molar refractivity (Wildman–Crippen MR) is 57.4 cm³/mol. The van der Waals surface area contributed by atoms with Gasteiger partial charge in [-0.3, -0.25) is 9.59 Å². The third-order valence-corrected chi connectivity index (χ3v) is 2.52. The lowest BCUT2D eigenvalue weighted by molar-refractivity contribution is -0.136. The minimum absolute atomic E-state index is 0.0402. The fraction of sp³-hybridized carbons (Fsp3) is 0.778. The molecule has 88 valence electrons. The van der Waals surface area contributed by atoms with E-state index in [0.29, 0.717) is 19.5 Å². The molecule has 1 saturated heterocycles. The van der Waals surface area contributed by atoms with E-state index < -0.39 is 0 Å². The molecular formula is C9H15N5O2. The molecule has 1 aliphatic heterocycles. The van der Waals surface area contributed by atoms with Crippen molar-refractivity contribution in [3.63, 3.8) is 0 Å². The van der Waals surface area contributed by atoms with E-state index in [9.17, 15) is 9.59 Å². The van der Waals surface area contributed by atoms with Crippen LogP contribution in [0.1, 0.15) is 6.42 Å². The van der Waals surface area contributed by atoms with Crippen molar-refractivity contribution in [2.24, 2.45) is 11.0 Å². The third-order valence-electron chi connectivity index (χ3n) is 2.52. The second-order valence-electron chi connectivity index (χ2n) is 4.05. The average Bonchev–Trinajstić information content (AvgIpc) is 2.56. The molecule has 16 heavy (non-hydrogen) atoms. The molecule has 0 aromatic heterocycles. The third kappa shape index (κ3) is 3.13. The molecule has 7 heteroatoms. The van der Waals surface area contributed by atoms with Crippen molar-refractivity contribution in [3.05, 3.63) is 10.4 Å². The number of azide groups is 1. The summed E-state index contributed by atoms with van der Waals surface area (Å²) < 4.78 is 0. The number of carbonyl (C=O) groups is 2. The number of carbonyl (C=O) groups excluding carboxylic acids is 2. The maximum Gasteiger partial charge on any atom is 0.241 e. The van der Waals surface area contributed by atoms with Gasteiger partial charge in [0.1, 0.15) is 0 Å². The molecule has 0 spiro atoms. The zero-order valence-corrected chi connectivity index (χ0v) is 9.46. The summed E-state index contributed by atoms with van der Waals surface area (Å²) >= 11 is 0. The first-order valence-corrected chi connectivity index (χ1v) is 5.03. The molecule has 0 radical (unpaired) electrons. The first-order valence-electron chi connectivity index (χ1n) is 5.03. The Hall–Kier alpha value is -1.75. The van der Waals surface area contributed by atoms with Crippen LogP contribution in [0, 0.1) is 5.92 Å². The second-order valence-corrected chi connectivity index (χ2v) is 4.05. The van der Waals surface area contributed by atoms with Crippen molar-refractivity contribution in [2.45, 2.75) is 6.42 Å². The van der Waals surface area contributed by atoms with Crippen LogP contribution in [-0.2, 0) is 9.59 Å². The fourth-order valence-electron chi connectivity index (χ4n) is 1.59. The summed E-state index contributed by atoms with van der Waals surface area (Å²) in [6.07, 6.45) is 0.361. The number of nitrogens with zero attached hydrogens (tertiary/aromatic N) is 5. The molecule has 0 N–H and O–H groups in total. The van der Waals surface area contributed by atoms with Crippen molar-refractivity contribution in [3.8, 4) is 0 Å². The van der Waals surface area contributed by atoms with Crippen molar-refractivity contribution in [1.29, 1.82) is 0 Å². The van der Waals surface area contributed by atoms with Crippen LogP contribution in [0.4, 0.5) is 0 Å². The SMILES string of the molecule is CN(C)C(=O)CN1CC(CN=[N+]=[N-])CC1=O. The normalized spacial score (nSPS) is 19.5. The van der Waals surface area contributed by atoms with E-state index >= 15 is 0 Å². The van der Waals surface area contributed by atoms with Gasteiger partial charge in [0.2, 0.25) is 11.8 Å². The Morgan fingerprint density at radius 2 is 2.38 bits per heavy atom. The molecule has 1 unspecified atom stereocenters. The van der Waals surface area contributed by atoms with Gasteiger partial charge in [-0.1, -0.05) is 5.11 Å². The highest BCUT2D eigenvalue weighted by molar-refractivity contribution is 5.85. The molecular weight excluding hydrogens is 210 g/mol.